The largest absolute Gasteiger partial charge is 0.360 e. The van der Waals surface area contributed by atoms with Crippen molar-refractivity contribution in [2.45, 2.75) is 46.0 Å². The average Bonchev–Trinajstić information content (AvgIpc) is 2.85. The lowest BCUT2D eigenvalue weighted by atomic mass is 9.96. The Hall–Kier alpha value is -1.49. The van der Waals surface area contributed by atoms with Gasteiger partial charge in [0, 0.05) is 71.4 Å². The molecule has 2 aliphatic heterocycles. The Bertz CT molecular complexity index is 507. The molecule has 5 nitrogen and oxygen atoms in total. The highest BCUT2D eigenvalue weighted by Gasteiger charge is 2.21. The molecule has 0 N–H and O–H groups in total. The van der Waals surface area contributed by atoms with Gasteiger partial charge in [-0.25, -0.2) is 0 Å². The van der Waals surface area contributed by atoms with E-state index in [-0.39, 0.29) is 0 Å². The summed E-state index contributed by atoms with van der Waals surface area (Å²) in [5.41, 5.74) is 1.37. The summed E-state index contributed by atoms with van der Waals surface area (Å²) >= 11 is 0. The summed E-state index contributed by atoms with van der Waals surface area (Å²) in [6.07, 6.45) is 12.6. The van der Waals surface area contributed by atoms with Crippen molar-refractivity contribution in [2.75, 3.05) is 53.9 Å². The molecule has 0 aromatic carbocycles. The summed E-state index contributed by atoms with van der Waals surface area (Å²) in [6, 6.07) is 0. The molecule has 0 aromatic rings. The molecule has 0 bridgehead atoms. The zero-order valence-corrected chi connectivity index (χ0v) is 17.6. The molecule has 1 fully saturated rings. The van der Waals surface area contributed by atoms with Gasteiger partial charge in [0.15, 0.2) is 0 Å². The second kappa shape index (κ2) is 10.6. The lowest BCUT2D eigenvalue weighted by Crippen LogP contribution is -2.33. The molecule has 0 radical (unpaired) electrons. The Morgan fingerprint density at radius 1 is 1.15 bits per heavy atom. The van der Waals surface area contributed by atoms with Gasteiger partial charge in [0.05, 0.1) is 5.84 Å². The predicted molar refractivity (Wildman–Crippen MR) is 112 cm³/mol. The van der Waals surface area contributed by atoms with Gasteiger partial charge in [0.2, 0.25) is 0 Å². The van der Waals surface area contributed by atoms with Gasteiger partial charge in [-0.1, -0.05) is 13.8 Å². The van der Waals surface area contributed by atoms with E-state index in [2.05, 4.69) is 71.1 Å². The van der Waals surface area contributed by atoms with E-state index in [4.69, 9.17) is 0 Å². The zero-order valence-electron chi connectivity index (χ0n) is 17.6. The molecule has 0 amide bonds. The Kier molecular flexibility index (Phi) is 8.49. The number of rotatable bonds is 8. The maximum absolute atomic E-state index is 4.62. The van der Waals surface area contributed by atoms with E-state index in [1.165, 1.54) is 50.4 Å². The Labute approximate surface area is 161 Å². The smallest absolute Gasteiger partial charge is 0.0985 e. The van der Waals surface area contributed by atoms with Gasteiger partial charge in [-0.2, -0.15) is 0 Å². The lowest BCUT2D eigenvalue weighted by Gasteiger charge is -2.29. The first kappa shape index (κ1) is 20.8. The molecule has 0 aromatic heterocycles. The molecule has 1 unspecified atom stereocenters. The van der Waals surface area contributed by atoms with Crippen molar-refractivity contribution in [3.8, 4) is 0 Å². The molecule has 0 saturated carbocycles. The van der Waals surface area contributed by atoms with Crippen LogP contribution in [0.1, 0.15) is 46.0 Å². The van der Waals surface area contributed by atoms with Crippen molar-refractivity contribution in [2.24, 2.45) is 10.9 Å². The van der Waals surface area contributed by atoms with E-state index in [0.717, 1.165) is 31.8 Å². The summed E-state index contributed by atoms with van der Waals surface area (Å²) in [4.78, 5) is 14.1. The molecule has 5 heteroatoms. The molecule has 2 aliphatic rings. The summed E-state index contributed by atoms with van der Waals surface area (Å²) in [7, 11) is 6.19. The van der Waals surface area contributed by atoms with Gasteiger partial charge < -0.3 is 19.6 Å². The molecular formula is C21H39N5. The van der Waals surface area contributed by atoms with Gasteiger partial charge >= 0.3 is 0 Å². The molecule has 1 saturated heterocycles. The number of aliphatic imine (C=N–C) groups is 1. The summed E-state index contributed by atoms with van der Waals surface area (Å²) in [5.74, 6) is 2.14. The third-order valence-electron chi connectivity index (χ3n) is 5.92. The normalized spacial score (nSPS) is 23.0. The number of hydrogen-bond acceptors (Lipinski definition) is 4. The van der Waals surface area contributed by atoms with E-state index in [9.17, 15) is 0 Å². The van der Waals surface area contributed by atoms with Crippen LogP contribution in [0.25, 0.3) is 0 Å². The van der Waals surface area contributed by atoms with E-state index < -0.39 is 0 Å². The molecule has 2 rings (SSSR count). The molecule has 148 valence electrons. The van der Waals surface area contributed by atoms with Crippen molar-refractivity contribution >= 4 is 5.84 Å². The minimum absolute atomic E-state index is 0.836. The highest BCUT2D eigenvalue weighted by molar-refractivity contribution is 5.82. The van der Waals surface area contributed by atoms with Crippen LogP contribution in [0.4, 0.5) is 0 Å². The highest BCUT2D eigenvalue weighted by Crippen LogP contribution is 2.24. The van der Waals surface area contributed by atoms with Gasteiger partial charge in [-0.15, -0.1) is 0 Å². The number of likely N-dealkylation sites (tertiary alicyclic amines) is 1. The third kappa shape index (κ3) is 6.04. The van der Waals surface area contributed by atoms with Crippen molar-refractivity contribution in [3.63, 3.8) is 0 Å². The zero-order chi connectivity index (χ0) is 18.9. The third-order valence-corrected chi connectivity index (χ3v) is 5.92. The van der Waals surface area contributed by atoms with Crippen LogP contribution in [-0.4, -0.2) is 79.3 Å². The Morgan fingerprint density at radius 2 is 1.92 bits per heavy atom. The van der Waals surface area contributed by atoms with E-state index >= 15 is 0 Å². The second-order valence-corrected chi connectivity index (χ2v) is 7.58. The van der Waals surface area contributed by atoms with Gasteiger partial charge in [-0.05, 0) is 44.8 Å². The molecule has 0 spiro atoms. The van der Waals surface area contributed by atoms with E-state index in [1.807, 2.05) is 7.05 Å². The Balaban J connectivity index is 1.87. The van der Waals surface area contributed by atoms with Crippen LogP contribution in [0, 0.1) is 5.92 Å². The minimum atomic E-state index is 0.836. The fourth-order valence-corrected chi connectivity index (χ4v) is 3.95. The van der Waals surface area contributed by atoms with Crippen molar-refractivity contribution in [1.82, 2.24) is 19.6 Å². The predicted octanol–water partition coefficient (Wildman–Crippen LogP) is 3.43. The topological polar surface area (TPSA) is 25.3 Å². The van der Waals surface area contributed by atoms with Crippen molar-refractivity contribution in [3.05, 3.63) is 24.3 Å². The molecular weight excluding hydrogens is 322 g/mol. The SMILES string of the molecule is CCN(CC)CCC1CCC(=NC)N(CCC2=CN(C)C=CN2C)CC1. The number of amidine groups is 1. The van der Waals surface area contributed by atoms with Gasteiger partial charge in [0.25, 0.3) is 0 Å². The first-order chi connectivity index (χ1) is 12.6. The average molecular weight is 362 g/mol. The van der Waals surface area contributed by atoms with Gasteiger partial charge in [-0.3, -0.25) is 4.99 Å². The van der Waals surface area contributed by atoms with E-state index in [1.54, 1.807) is 0 Å². The maximum atomic E-state index is 4.62. The van der Waals surface area contributed by atoms with Crippen LogP contribution in [0.3, 0.4) is 0 Å². The highest BCUT2D eigenvalue weighted by atomic mass is 15.2. The molecule has 26 heavy (non-hydrogen) atoms. The second-order valence-electron chi connectivity index (χ2n) is 7.58. The number of nitrogens with zero attached hydrogens (tertiary/aromatic N) is 5. The summed E-state index contributed by atoms with van der Waals surface area (Å²) in [5, 5.41) is 0. The van der Waals surface area contributed by atoms with E-state index in [0.29, 0.717) is 0 Å². The van der Waals surface area contributed by atoms with Crippen LogP contribution >= 0.6 is 0 Å². The summed E-state index contributed by atoms with van der Waals surface area (Å²) < 4.78 is 0. The Morgan fingerprint density at radius 3 is 2.62 bits per heavy atom. The molecule has 2 heterocycles. The van der Waals surface area contributed by atoms with Crippen molar-refractivity contribution in [1.29, 1.82) is 0 Å². The van der Waals surface area contributed by atoms with Crippen LogP contribution in [0.5, 0.6) is 0 Å². The standard InChI is InChI=1S/C21H39N5/c1-6-25(7-2)13-10-19-8-9-21(22-3)26(14-11-19)15-12-20-18-23(4)16-17-24(20)5/h16-19H,6-15H2,1-5H3. The maximum Gasteiger partial charge on any atom is 0.0985 e. The monoisotopic (exact) mass is 361 g/mol. The molecule has 1 atom stereocenters. The van der Waals surface area contributed by atoms with Crippen molar-refractivity contribution < 1.29 is 0 Å². The quantitative estimate of drug-likeness (QED) is 0.661. The fraction of sp³-hybridized carbons (Fsp3) is 0.762. The molecule has 0 aliphatic carbocycles. The lowest BCUT2D eigenvalue weighted by molar-refractivity contribution is 0.263. The van der Waals surface area contributed by atoms with Crippen LogP contribution in [-0.2, 0) is 0 Å². The van der Waals surface area contributed by atoms with Crippen LogP contribution < -0.4 is 0 Å². The van der Waals surface area contributed by atoms with Gasteiger partial charge in [0.1, 0.15) is 0 Å². The fourth-order valence-electron chi connectivity index (χ4n) is 3.95. The minimum Gasteiger partial charge on any atom is -0.360 e. The first-order valence-corrected chi connectivity index (χ1v) is 10.3. The van der Waals surface area contributed by atoms with Crippen LogP contribution in [0.2, 0.25) is 0 Å². The first-order valence-electron chi connectivity index (χ1n) is 10.3. The summed E-state index contributed by atoms with van der Waals surface area (Å²) in [6.45, 7) is 10.3. The van der Waals surface area contributed by atoms with Crippen LogP contribution in [0.15, 0.2) is 29.3 Å². The number of hydrogen-bond donors (Lipinski definition) is 0.